The van der Waals surface area contributed by atoms with Crippen LogP contribution in [0.1, 0.15) is 5.76 Å². The summed E-state index contributed by atoms with van der Waals surface area (Å²) in [6.07, 6.45) is 1.64. The van der Waals surface area contributed by atoms with Crippen molar-refractivity contribution in [3.63, 3.8) is 0 Å². The molecule has 0 bridgehead atoms. The summed E-state index contributed by atoms with van der Waals surface area (Å²) in [7, 11) is 0. The fraction of sp³-hybridized carbons (Fsp3) is 0.200. The molecule has 1 aromatic rings. The highest BCUT2D eigenvalue weighted by Crippen LogP contribution is 2.11. The summed E-state index contributed by atoms with van der Waals surface area (Å²) in [6.45, 7) is 0.491. The minimum absolute atomic E-state index is 0.491. The molecule has 0 fully saturated rings. The first-order valence-electron chi connectivity index (χ1n) is 2.26. The fourth-order valence-electron chi connectivity index (χ4n) is 0.471. The molecule has 2 nitrogen and oxygen atoms in total. The van der Waals surface area contributed by atoms with Crippen molar-refractivity contribution in [1.82, 2.24) is 0 Å². The first-order valence-corrected chi connectivity index (χ1v) is 3.34. The number of hydrogen-bond donors (Lipinski definition) is 1. The average molecular weight is 223 g/mol. The van der Waals surface area contributed by atoms with E-state index in [1.54, 1.807) is 6.26 Å². The lowest BCUT2D eigenvalue weighted by molar-refractivity contribution is 0.510. The second-order valence-corrected chi connectivity index (χ2v) is 2.56. The molecule has 0 aliphatic rings. The highest BCUT2D eigenvalue weighted by Gasteiger charge is 1.96. The Hall–Kier alpha value is -0.0300. The SMILES string of the molecule is NCc1occc1I. The van der Waals surface area contributed by atoms with Gasteiger partial charge in [0.05, 0.1) is 16.4 Å². The Morgan fingerprint density at radius 2 is 2.50 bits per heavy atom. The van der Waals surface area contributed by atoms with E-state index < -0.39 is 0 Å². The van der Waals surface area contributed by atoms with Crippen molar-refractivity contribution in [2.75, 3.05) is 0 Å². The number of rotatable bonds is 1. The molecule has 0 saturated heterocycles. The molecule has 2 N–H and O–H groups in total. The molecule has 1 rings (SSSR count). The van der Waals surface area contributed by atoms with Gasteiger partial charge in [0.15, 0.2) is 0 Å². The largest absolute Gasteiger partial charge is 0.467 e. The summed E-state index contributed by atoms with van der Waals surface area (Å²) >= 11 is 2.18. The third-order valence-electron chi connectivity index (χ3n) is 0.876. The van der Waals surface area contributed by atoms with E-state index in [1.807, 2.05) is 6.07 Å². The maximum absolute atomic E-state index is 5.30. The van der Waals surface area contributed by atoms with Gasteiger partial charge in [0.1, 0.15) is 5.76 Å². The van der Waals surface area contributed by atoms with Crippen molar-refractivity contribution >= 4 is 22.6 Å². The standard InChI is InChI=1S/C5H6INO/c6-4-1-2-8-5(4)3-7/h1-2H,3,7H2. The molecular formula is C5H6INO. The van der Waals surface area contributed by atoms with Crippen LogP contribution >= 0.6 is 22.6 Å². The quantitative estimate of drug-likeness (QED) is 0.729. The topological polar surface area (TPSA) is 39.2 Å². The summed E-state index contributed by atoms with van der Waals surface area (Å²) < 4.78 is 6.08. The van der Waals surface area contributed by atoms with Crippen LogP contribution in [0.15, 0.2) is 16.7 Å². The lowest BCUT2D eigenvalue weighted by atomic mass is 10.5. The molecule has 0 aromatic carbocycles. The molecule has 0 unspecified atom stereocenters. The first kappa shape index (κ1) is 6.10. The van der Waals surface area contributed by atoms with Gasteiger partial charge < -0.3 is 10.2 Å². The van der Waals surface area contributed by atoms with Crippen LogP contribution in [0, 0.1) is 3.57 Å². The number of hydrogen-bond acceptors (Lipinski definition) is 2. The molecule has 0 spiro atoms. The van der Waals surface area contributed by atoms with E-state index in [0.29, 0.717) is 6.54 Å². The van der Waals surface area contributed by atoms with Gasteiger partial charge in [-0.15, -0.1) is 0 Å². The maximum atomic E-state index is 5.30. The van der Waals surface area contributed by atoms with Crippen LogP contribution in [-0.4, -0.2) is 0 Å². The van der Waals surface area contributed by atoms with Gasteiger partial charge in [-0.1, -0.05) is 0 Å². The van der Waals surface area contributed by atoms with Crippen LogP contribution in [-0.2, 0) is 6.54 Å². The number of nitrogens with two attached hydrogens (primary N) is 1. The zero-order valence-corrected chi connectivity index (χ0v) is 6.38. The second kappa shape index (κ2) is 2.50. The van der Waals surface area contributed by atoms with Crippen LogP contribution in [0.4, 0.5) is 0 Å². The van der Waals surface area contributed by atoms with E-state index in [4.69, 9.17) is 10.2 Å². The van der Waals surface area contributed by atoms with Crippen molar-refractivity contribution in [1.29, 1.82) is 0 Å². The van der Waals surface area contributed by atoms with E-state index in [1.165, 1.54) is 0 Å². The van der Waals surface area contributed by atoms with Crippen LogP contribution in [0.5, 0.6) is 0 Å². The predicted octanol–water partition coefficient (Wildman–Crippen LogP) is 1.34. The van der Waals surface area contributed by atoms with E-state index >= 15 is 0 Å². The van der Waals surface area contributed by atoms with Gasteiger partial charge in [-0.25, -0.2) is 0 Å². The Balaban J connectivity index is 2.92. The van der Waals surface area contributed by atoms with Crippen LogP contribution < -0.4 is 5.73 Å². The molecule has 0 aliphatic carbocycles. The van der Waals surface area contributed by atoms with Gasteiger partial charge in [0, 0.05) is 0 Å². The predicted molar refractivity (Wildman–Crippen MR) is 39.3 cm³/mol. The van der Waals surface area contributed by atoms with Crippen LogP contribution in [0.2, 0.25) is 0 Å². The highest BCUT2D eigenvalue weighted by atomic mass is 127. The van der Waals surface area contributed by atoms with E-state index in [2.05, 4.69) is 22.6 Å². The van der Waals surface area contributed by atoms with Crippen molar-refractivity contribution in [2.24, 2.45) is 5.73 Å². The molecule has 0 radical (unpaired) electrons. The Morgan fingerprint density at radius 1 is 1.75 bits per heavy atom. The summed E-state index contributed by atoms with van der Waals surface area (Å²) in [5, 5.41) is 0. The van der Waals surface area contributed by atoms with E-state index in [9.17, 15) is 0 Å². The molecule has 3 heteroatoms. The zero-order chi connectivity index (χ0) is 5.98. The van der Waals surface area contributed by atoms with E-state index in [0.717, 1.165) is 9.33 Å². The van der Waals surface area contributed by atoms with Gasteiger partial charge in [0.2, 0.25) is 0 Å². The van der Waals surface area contributed by atoms with Gasteiger partial charge in [-0.05, 0) is 28.7 Å². The van der Waals surface area contributed by atoms with Crippen LogP contribution in [0.25, 0.3) is 0 Å². The molecule has 1 heterocycles. The molecular weight excluding hydrogens is 217 g/mol. The van der Waals surface area contributed by atoms with Crippen LogP contribution in [0.3, 0.4) is 0 Å². The van der Waals surface area contributed by atoms with E-state index in [-0.39, 0.29) is 0 Å². The Labute approximate surface area is 61.2 Å². The molecule has 0 saturated carbocycles. The lowest BCUT2D eigenvalue weighted by Gasteiger charge is -1.85. The van der Waals surface area contributed by atoms with Gasteiger partial charge in [-0.3, -0.25) is 0 Å². The molecule has 0 atom stereocenters. The molecule has 44 valence electrons. The lowest BCUT2D eigenvalue weighted by Crippen LogP contribution is -1.94. The first-order chi connectivity index (χ1) is 3.84. The summed E-state index contributed by atoms with van der Waals surface area (Å²) in [5.41, 5.74) is 5.30. The van der Waals surface area contributed by atoms with Gasteiger partial charge >= 0.3 is 0 Å². The van der Waals surface area contributed by atoms with Gasteiger partial charge in [0.25, 0.3) is 0 Å². The number of halogens is 1. The molecule has 1 aromatic heterocycles. The number of furan rings is 1. The van der Waals surface area contributed by atoms with Gasteiger partial charge in [-0.2, -0.15) is 0 Å². The summed E-state index contributed by atoms with van der Waals surface area (Å²) in [4.78, 5) is 0. The van der Waals surface area contributed by atoms with Crippen molar-refractivity contribution in [3.05, 3.63) is 21.7 Å². The molecule has 0 amide bonds. The monoisotopic (exact) mass is 223 g/mol. The highest BCUT2D eigenvalue weighted by molar-refractivity contribution is 14.1. The third-order valence-corrected chi connectivity index (χ3v) is 1.84. The maximum Gasteiger partial charge on any atom is 0.130 e. The normalized spacial score (nSPS) is 9.75. The minimum Gasteiger partial charge on any atom is -0.467 e. The Kier molecular flexibility index (Phi) is 1.90. The smallest absolute Gasteiger partial charge is 0.130 e. The summed E-state index contributed by atoms with van der Waals surface area (Å²) in [5.74, 6) is 0.866. The van der Waals surface area contributed by atoms with Crippen molar-refractivity contribution < 1.29 is 4.42 Å². The molecule has 0 aliphatic heterocycles. The van der Waals surface area contributed by atoms with Crippen molar-refractivity contribution in [3.8, 4) is 0 Å². The fourth-order valence-corrected chi connectivity index (χ4v) is 0.965. The van der Waals surface area contributed by atoms with Crippen molar-refractivity contribution in [2.45, 2.75) is 6.54 Å². The minimum atomic E-state index is 0.491. The summed E-state index contributed by atoms with van der Waals surface area (Å²) in [6, 6.07) is 1.89. The molecule has 8 heavy (non-hydrogen) atoms. The second-order valence-electron chi connectivity index (χ2n) is 1.40. The zero-order valence-electron chi connectivity index (χ0n) is 4.23. The third kappa shape index (κ3) is 1.03. The average Bonchev–Trinajstić information content (AvgIpc) is 2.14. The Morgan fingerprint density at radius 3 is 2.75 bits per heavy atom. The Bertz CT molecular complexity index is 173.